The van der Waals surface area contributed by atoms with Crippen LogP contribution in [-0.4, -0.2) is 12.5 Å². The maximum Gasteiger partial charge on any atom is 0.266 e. The second kappa shape index (κ2) is 8.80. The van der Waals surface area contributed by atoms with Crippen molar-refractivity contribution in [2.75, 3.05) is 11.9 Å². The number of rotatable bonds is 5. The monoisotopic (exact) mass is 370 g/mol. The van der Waals surface area contributed by atoms with Crippen molar-refractivity contribution >= 4 is 40.9 Å². The molecule has 1 amide bonds. The van der Waals surface area contributed by atoms with Gasteiger partial charge in [-0.2, -0.15) is 5.26 Å². The maximum atomic E-state index is 12.3. The highest BCUT2D eigenvalue weighted by molar-refractivity contribution is 6.31. The van der Waals surface area contributed by atoms with Crippen molar-refractivity contribution in [1.82, 2.24) is 0 Å². The highest BCUT2D eigenvalue weighted by atomic mass is 35.5. The summed E-state index contributed by atoms with van der Waals surface area (Å²) in [7, 11) is 0. The van der Waals surface area contributed by atoms with Gasteiger partial charge in [-0.1, -0.05) is 35.2 Å². The van der Waals surface area contributed by atoms with Crippen LogP contribution in [0.15, 0.2) is 48.0 Å². The number of hydrogen-bond acceptors (Lipinski definition) is 3. The molecule has 0 saturated carbocycles. The molecule has 0 saturated heterocycles. The van der Waals surface area contributed by atoms with Crippen LogP contribution in [0.25, 0.3) is 6.08 Å². The molecule has 0 aliphatic heterocycles. The molecular formula is C19H12Cl2N2O2. The van der Waals surface area contributed by atoms with Gasteiger partial charge in [0, 0.05) is 21.3 Å². The first-order chi connectivity index (χ1) is 12.0. The highest BCUT2D eigenvalue weighted by Gasteiger charge is 2.12. The SMILES string of the molecule is C#CCOc1ccc(Cl)cc1/C=C(\C#N)C(=O)Nc1cccc(Cl)c1. The zero-order valence-corrected chi connectivity index (χ0v) is 14.4. The van der Waals surface area contributed by atoms with E-state index in [1.807, 2.05) is 6.07 Å². The minimum atomic E-state index is -0.576. The molecule has 2 aromatic carbocycles. The summed E-state index contributed by atoms with van der Waals surface area (Å²) in [6, 6.07) is 13.3. The third-order valence-electron chi connectivity index (χ3n) is 3.03. The van der Waals surface area contributed by atoms with E-state index in [1.54, 1.807) is 42.5 Å². The van der Waals surface area contributed by atoms with Crippen LogP contribution in [0.2, 0.25) is 10.0 Å². The number of halogens is 2. The predicted molar refractivity (Wildman–Crippen MR) is 99.5 cm³/mol. The largest absolute Gasteiger partial charge is 0.480 e. The number of hydrogen-bond donors (Lipinski definition) is 1. The van der Waals surface area contributed by atoms with Crippen molar-refractivity contribution in [1.29, 1.82) is 5.26 Å². The Hall–Kier alpha value is -2.92. The van der Waals surface area contributed by atoms with Crippen molar-refractivity contribution in [2.24, 2.45) is 0 Å². The summed E-state index contributed by atoms with van der Waals surface area (Å²) in [6.07, 6.45) is 6.57. The van der Waals surface area contributed by atoms with Gasteiger partial charge >= 0.3 is 0 Å². The number of ether oxygens (including phenoxy) is 1. The quantitative estimate of drug-likeness (QED) is 0.477. The number of anilines is 1. The molecule has 6 heteroatoms. The Kier molecular flexibility index (Phi) is 6.48. The van der Waals surface area contributed by atoms with Crippen molar-refractivity contribution in [2.45, 2.75) is 0 Å². The summed E-state index contributed by atoms with van der Waals surface area (Å²) in [4.78, 5) is 12.3. The first-order valence-corrected chi connectivity index (χ1v) is 7.83. The molecule has 0 spiro atoms. The number of carbonyl (C=O) groups is 1. The van der Waals surface area contributed by atoms with Crippen LogP contribution in [0.1, 0.15) is 5.56 Å². The van der Waals surface area contributed by atoms with E-state index in [0.717, 1.165) is 0 Å². The Balaban J connectivity index is 2.30. The van der Waals surface area contributed by atoms with Gasteiger partial charge in [0.25, 0.3) is 5.91 Å². The number of nitriles is 1. The molecule has 25 heavy (non-hydrogen) atoms. The van der Waals surface area contributed by atoms with Crippen molar-refractivity contribution in [3.63, 3.8) is 0 Å². The number of benzene rings is 2. The number of carbonyl (C=O) groups excluding carboxylic acids is 1. The summed E-state index contributed by atoms with van der Waals surface area (Å²) in [6.45, 7) is 0.0546. The number of terminal acetylenes is 1. The van der Waals surface area contributed by atoms with E-state index in [1.165, 1.54) is 6.08 Å². The summed E-state index contributed by atoms with van der Waals surface area (Å²) in [5.74, 6) is 2.20. The van der Waals surface area contributed by atoms with Gasteiger partial charge in [0.05, 0.1) is 0 Å². The highest BCUT2D eigenvalue weighted by Crippen LogP contribution is 2.25. The van der Waals surface area contributed by atoms with Crippen LogP contribution in [0.4, 0.5) is 5.69 Å². The minimum absolute atomic E-state index is 0.0546. The molecule has 0 atom stereocenters. The lowest BCUT2D eigenvalue weighted by atomic mass is 10.1. The molecule has 0 aromatic heterocycles. The molecule has 0 heterocycles. The van der Waals surface area contributed by atoms with Gasteiger partial charge in [0.15, 0.2) is 0 Å². The van der Waals surface area contributed by atoms with E-state index in [-0.39, 0.29) is 12.2 Å². The topological polar surface area (TPSA) is 62.1 Å². The molecular weight excluding hydrogens is 359 g/mol. The molecule has 0 radical (unpaired) electrons. The number of amides is 1. The normalized spacial score (nSPS) is 10.5. The molecule has 1 N–H and O–H groups in total. The Morgan fingerprint density at radius 3 is 2.68 bits per heavy atom. The fourth-order valence-corrected chi connectivity index (χ4v) is 2.32. The average Bonchev–Trinajstić information content (AvgIpc) is 2.58. The van der Waals surface area contributed by atoms with Crippen LogP contribution in [-0.2, 0) is 4.79 Å². The van der Waals surface area contributed by atoms with E-state index < -0.39 is 5.91 Å². The van der Waals surface area contributed by atoms with Crippen LogP contribution < -0.4 is 10.1 Å². The average molecular weight is 371 g/mol. The van der Waals surface area contributed by atoms with Gasteiger partial charge in [0.1, 0.15) is 24.0 Å². The van der Waals surface area contributed by atoms with E-state index in [2.05, 4.69) is 11.2 Å². The Bertz CT molecular complexity index is 908. The summed E-state index contributed by atoms with van der Waals surface area (Å²) >= 11 is 11.9. The van der Waals surface area contributed by atoms with Gasteiger partial charge in [-0.05, 0) is 42.5 Å². The van der Waals surface area contributed by atoms with E-state index >= 15 is 0 Å². The Morgan fingerprint density at radius 2 is 2.00 bits per heavy atom. The molecule has 0 aliphatic carbocycles. The number of nitrogens with zero attached hydrogens (tertiary/aromatic N) is 1. The summed E-state index contributed by atoms with van der Waals surface area (Å²) < 4.78 is 5.40. The smallest absolute Gasteiger partial charge is 0.266 e. The summed E-state index contributed by atoms with van der Waals surface area (Å²) in [5, 5.41) is 12.8. The fraction of sp³-hybridized carbons (Fsp3) is 0.0526. The molecule has 0 bridgehead atoms. The molecule has 0 fully saturated rings. The van der Waals surface area contributed by atoms with Crippen LogP contribution in [0.3, 0.4) is 0 Å². The Morgan fingerprint density at radius 1 is 1.24 bits per heavy atom. The molecule has 0 aliphatic rings. The first kappa shape index (κ1) is 18.4. The third kappa shape index (κ3) is 5.29. The maximum absolute atomic E-state index is 12.3. The van der Waals surface area contributed by atoms with Gasteiger partial charge in [-0.25, -0.2) is 0 Å². The molecule has 4 nitrogen and oxygen atoms in total. The van der Waals surface area contributed by atoms with E-state index in [4.69, 9.17) is 34.4 Å². The second-order valence-corrected chi connectivity index (χ2v) is 5.68. The van der Waals surface area contributed by atoms with Crippen LogP contribution in [0, 0.1) is 23.7 Å². The second-order valence-electron chi connectivity index (χ2n) is 4.81. The lowest BCUT2D eigenvalue weighted by Gasteiger charge is -2.08. The standard InChI is InChI=1S/C19H12Cl2N2O2/c1-2-8-25-18-7-6-16(21)10-13(18)9-14(12-22)19(24)23-17-5-3-4-15(20)11-17/h1,3-7,9-11H,8H2,(H,23,24)/b14-9+. The van der Waals surface area contributed by atoms with Crippen molar-refractivity contribution < 1.29 is 9.53 Å². The lowest BCUT2D eigenvalue weighted by Crippen LogP contribution is -2.13. The van der Waals surface area contributed by atoms with Gasteiger partial charge in [0.2, 0.25) is 0 Å². The zero-order valence-electron chi connectivity index (χ0n) is 12.9. The van der Waals surface area contributed by atoms with Crippen molar-refractivity contribution in [3.05, 3.63) is 63.6 Å². The molecule has 2 aromatic rings. The van der Waals surface area contributed by atoms with E-state index in [0.29, 0.717) is 27.0 Å². The minimum Gasteiger partial charge on any atom is -0.480 e. The lowest BCUT2D eigenvalue weighted by molar-refractivity contribution is -0.112. The Labute approximate surface area is 155 Å². The fourth-order valence-electron chi connectivity index (χ4n) is 1.95. The van der Waals surface area contributed by atoms with E-state index in [9.17, 15) is 10.1 Å². The first-order valence-electron chi connectivity index (χ1n) is 7.08. The van der Waals surface area contributed by atoms with Crippen LogP contribution in [0.5, 0.6) is 5.75 Å². The zero-order chi connectivity index (χ0) is 18.2. The molecule has 124 valence electrons. The third-order valence-corrected chi connectivity index (χ3v) is 3.50. The van der Waals surface area contributed by atoms with Crippen molar-refractivity contribution in [3.8, 4) is 24.2 Å². The van der Waals surface area contributed by atoms with Gasteiger partial charge < -0.3 is 10.1 Å². The molecule has 0 unspecified atom stereocenters. The predicted octanol–water partition coefficient (Wildman–Crippen LogP) is 4.55. The van der Waals surface area contributed by atoms with Gasteiger partial charge in [-0.3, -0.25) is 4.79 Å². The van der Waals surface area contributed by atoms with Gasteiger partial charge in [-0.15, -0.1) is 6.42 Å². The summed E-state index contributed by atoms with van der Waals surface area (Å²) in [5.41, 5.74) is 0.835. The number of nitrogens with one attached hydrogen (secondary N) is 1. The molecule has 2 rings (SSSR count). The van der Waals surface area contributed by atoms with Crippen LogP contribution >= 0.6 is 23.2 Å².